The number of nitrogens with zero attached hydrogens (tertiary/aromatic N) is 1. The van der Waals surface area contributed by atoms with Crippen LogP contribution in [0.4, 0.5) is 10.1 Å². The first-order chi connectivity index (χ1) is 16.4. The monoisotopic (exact) mass is 518 g/mol. The molecule has 0 fully saturated rings. The Balaban J connectivity index is 1.59. The zero-order valence-corrected chi connectivity index (χ0v) is 22.0. The Morgan fingerprint density at radius 2 is 1.76 bits per heavy atom. The standard InChI is InChI=1S/C25H27FN2O3S3/c1-16-11-22(32-3)24(25(27-16)33-4)28-23(29)13-18-7-10-20(21(12-18)30-2)31-15-34-14-17-5-8-19(26)9-6-17/h5-12H,13-15H2,1-4H3,(H,28,29). The Kier molecular flexibility index (Phi) is 9.98. The van der Waals surface area contributed by atoms with Crippen LogP contribution in [0.5, 0.6) is 11.5 Å². The van der Waals surface area contributed by atoms with E-state index in [1.54, 1.807) is 42.8 Å². The highest BCUT2D eigenvalue weighted by molar-refractivity contribution is 7.99. The van der Waals surface area contributed by atoms with Crippen LogP contribution in [0, 0.1) is 12.7 Å². The van der Waals surface area contributed by atoms with Gasteiger partial charge in [-0.05, 0) is 60.9 Å². The van der Waals surface area contributed by atoms with Crippen molar-refractivity contribution in [2.24, 2.45) is 0 Å². The molecule has 1 N–H and O–H groups in total. The lowest BCUT2D eigenvalue weighted by Gasteiger charge is -2.15. The molecule has 34 heavy (non-hydrogen) atoms. The SMILES string of the molecule is COc1cc(CC(=O)Nc2c(SC)cc(C)nc2SC)ccc1OCSCc1ccc(F)cc1. The van der Waals surface area contributed by atoms with Crippen LogP contribution >= 0.6 is 35.3 Å². The van der Waals surface area contributed by atoms with Gasteiger partial charge in [0.15, 0.2) is 11.5 Å². The van der Waals surface area contributed by atoms with Crippen molar-refractivity contribution < 1.29 is 18.7 Å². The Morgan fingerprint density at radius 3 is 2.44 bits per heavy atom. The summed E-state index contributed by atoms with van der Waals surface area (Å²) < 4.78 is 24.3. The molecule has 0 saturated carbocycles. The number of pyridine rings is 1. The van der Waals surface area contributed by atoms with E-state index in [-0.39, 0.29) is 18.1 Å². The molecule has 1 aromatic heterocycles. The average Bonchev–Trinajstić information content (AvgIpc) is 2.84. The Morgan fingerprint density at radius 1 is 1.03 bits per heavy atom. The first kappa shape index (κ1) is 26.2. The summed E-state index contributed by atoms with van der Waals surface area (Å²) in [5.41, 5.74) is 3.52. The number of hydrogen-bond donors (Lipinski definition) is 1. The maximum absolute atomic E-state index is 13.0. The van der Waals surface area contributed by atoms with Crippen molar-refractivity contribution >= 4 is 46.9 Å². The topological polar surface area (TPSA) is 60.5 Å². The number of nitrogens with one attached hydrogen (secondary N) is 1. The van der Waals surface area contributed by atoms with Gasteiger partial charge in [-0.25, -0.2) is 9.37 Å². The first-order valence-corrected chi connectivity index (χ1v) is 14.0. The molecule has 1 heterocycles. The Hall–Kier alpha value is -2.36. The van der Waals surface area contributed by atoms with Crippen LogP contribution in [-0.4, -0.2) is 36.5 Å². The zero-order valence-electron chi connectivity index (χ0n) is 19.5. The van der Waals surface area contributed by atoms with Crippen molar-refractivity contribution in [1.82, 2.24) is 4.98 Å². The third-order valence-corrected chi connectivity index (χ3v) is 7.09. The number of carbonyl (C=O) groups excluding carboxylic acids is 1. The summed E-state index contributed by atoms with van der Waals surface area (Å²) in [6, 6.07) is 13.9. The van der Waals surface area contributed by atoms with E-state index in [0.29, 0.717) is 23.2 Å². The fourth-order valence-corrected chi connectivity index (χ4v) is 5.22. The van der Waals surface area contributed by atoms with Gasteiger partial charge >= 0.3 is 0 Å². The van der Waals surface area contributed by atoms with E-state index in [1.807, 2.05) is 43.7 Å². The molecule has 0 unspecified atom stereocenters. The number of methoxy groups -OCH3 is 1. The summed E-state index contributed by atoms with van der Waals surface area (Å²) >= 11 is 4.67. The quantitative estimate of drug-likeness (QED) is 0.178. The predicted octanol–water partition coefficient (Wildman–Crippen LogP) is 6.43. The van der Waals surface area contributed by atoms with Gasteiger partial charge in [-0.1, -0.05) is 18.2 Å². The summed E-state index contributed by atoms with van der Waals surface area (Å²) in [5, 5.41) is 3.83. The number of aryl methyl sites for hydroxylation is 1. The van der Waals surface area contributed by atoms with Crippen LogP contribution < -0.4 is 14.8 Å². The Labute approximate surface area is 212 Å². The van der Waals surface area contributed by atoms with Crippen LogP contribution in [0.2, 0.25) is 0 Å². The molecule has 0 spiro atoms. The summed E-state index contributed by atoms with van der Waals surface area (Å²) in [4.78, 5) is 18.3. The molecule has 0 aliphatic rings. The number of ether oxygens (including phenoxy) is 2. The minimum atomic E-state index is -0.242. The number of benzene rings is 2. The van der Waals surface area contributed by atoms with Gasteiger partial charge in [0.2, 0.25) is 5.91 Å². The van der Waals surface area contributed by atoms with E-state index in [9.17, 15) is 9.18 Å². The number of amides is 1. The summed E-state index contributed by atoms with van der Waals surface area (Å²) in [7, 11) is 1.57. The van der Waals surface area contributed by atoms with Gasteiger partial charge in [0.05, 0.1) is 19.2 Å². The van der Waals surface area contributed by atoms with E-state index < -0.39 is 0 Å². The van der Waals surface area contributed by atoms with Gasteiger partial charge in [-0.3, -0.25) is 4.79 Å². The second-order valence-electron chi connectivity index (χ2n) is 7.30. The van der Waals surface area contributed by atoms with Crippen molar-refractivity contribution in [1.29, 1.82) is 0 Å². The molecule has 0 aliphatic carbocycles. The van der Waals surface area contributed by atoms with Gasteiger partial charge in [0, 0.05) is 16.3 Å². The number of aromatic nitrogens is 1. The van der Waals surface area contributed by atoms with Crippen molar-refractivity contribution in [3.05, 3.63) is 71.2 Å². The minimum absolute atomic E-state index is 0.123. The smallest absolute Gasteiger partial charge is 0.228 e. The van der Waals surface area contributed by atoms with Crippen LogP contribution in [0.3, 0.4) is 0 Å². The first-order valence-electron chi connectivity index (χ1n) is 10.4. The molecule has 2 aromatic carbocycles. The third kappa shape index (κ3) is 7.32. The molecule has 0 bridgehead atoms. The third-order valence-electron chi connectivity index (χ3n) is 4.83. The van der Waals surface area contributed by atoms with Gasteiger partial charge < -0.3 is 14.8 Å². The Bertz CT molecular complexity index is 1100. The molecule has 0 atom stereocenters. The molecule has 180 valence electrons. The van der Waals surface area contributed by atoms with Crippen LogP contribution in [0.25, 0.3) is 0 Å². The number of rotatable bonds is 11. The molecule has 3 aromatic rings. The fourth-order valence-electron chi connectivity index (χ4n) is 3.19. The van der Waals surface area contributed by atoms with E-state index in [4.69, 9.17) is 9.47 Å². The molecule has 9 heteroatoms. The highest BCUT2D eigenvalue weighted by Gasteiger charge is 2.15. The van der Waals surface area contributed by atoms with E-state index in [2.05, 4.69) is 10.3 Å². The molecule has 3 rings (SSSR count). The molecule has 0 saturated heterocycles. The van der Waals surface area contributed by atoms with Crippen LogP contribution in [-0.2, 0) is 17.0 Å². The molecule has 0 aliphatic heterocycles. The molecule has 5 nitrogen and oxygen atoms in total. The van der Waals surface area contributed by atoms with Crippen molar-refractivity contribution in [3.63, 3.8) is 0 Å². The second kappa shape index (κ2) is 12.9. The van der Waals surface area contributed by atoms with Gasteiger partial charge in [-0.2, -0.15) is 0 Å². The average molecular weight is 519 g/mol. The van der Waals surface area contributed by atoms with Crippen LogP contribution in [0.1, 0.15) is 16.8 Å². The van der Waals surface area contributed by atoms with E-state index >= 15 is 0 Å². The van der Waals surface area contributed by atoms with Gasteiger partial charge in [-0.15, -0.1) is 35.3 Å². The van der Waals surface area contributed by atoms with Crippen molar-refractivity contribution in [2.75, 3.05) is 30.9 Å². The number of halogens is 1. The summed E-state index contributed by atoms with van der Waals surface area (Å²) in [6.45, 7) is 1.95. The maximum Gasteiger partial charge on any atom is 0.228 e. The number of anilines is 1. The summed E-state index contributed by atoms with van der Waals surface area (Å²) in [6.07, 6.45) is 4.13. The molecule has 0 radical (unpaired) electrons. The number of hydrogen-bond acceptors (Lipinski definition) is 7. The zero-order chi connectivity index (χ0) is 24.5. The fraction of sp³-hybridized carbons (Fsp3) is 0.280. The maximum atomic E-state index is 13.0. The molecular formula is C25H27FN2O3S3. The lowest BCUT2D eigenvalue weighted by molar-refractivity contribution is -0.115. The van der Waals surface area contributed by atoms with E-state index in [0.717, 1.165) is 32.4 Å². The van der Waals surface area contributed by atoms with Gasteiger partial charge in [0.25, 0.3) is 0 Å². The van der Waals surface area contributed by atoms with Gasteiger partial charge in [0.1, 0.15) is 16.8 Å². The highest BCUT2D eigenvalue weighted by atomic mass is 32.2. The molecule has 1 amide bonds. The second-order valence-corrected chi connectivity index (χ2v) is 9.87. The van der Waals surface area contributed by atoms with E-state index in [1.165, 1.54) is 23.9 Å². The lowest BCUT2D eigenvalue weighted by Crippen LogP contribution is -2.16. The number of thioether (sulfide) groups is 3. The molecular weight excluding hydrogens is 491 g/mol. The number of carbonyl (C=O) groups is 1. The van der Waals surface area contributed by atoms with Crippen molar-refractivity contribution in [2.45, 2.75) is 29.0 Å². The predicted molar refractivity (Wildman–Crippen MR) is 141 cm³/mol. The normalized spacial score (nSPS) is 10.7. The largest absolute Gasteiger partial charge is 0.493 e. The minimum Gasteiger partial charge on any atom is -0.493 e. The van der Waals surface area contributed by atoms with Crippen LogP contribution in [0.15, 0.2) is 58.5 Å². The lowest BCUT2D eigenvalue weighted by atomic mass is 10.1. The summed E-state index contributed by atoms with van der Waals surface area (Å²) in [5.74, 6) is 1.94. The highest BCUT2D eigenvalue weighted by Crippen LogP contribution is 2.34. The van der Waals surface area contributed by atoms with Crippen molar-refractivity contribution in [3.8, 4) is 11.5 Å².